The van der Waals surface area contributed by atoms with Crippen molar-refractivity contribution in [1.82, 2.24) is 15.1 Å². The zero-order valence-corrected chi connectivity index (χ0v) is 21.4. The number of halogens is 1. The number of nitrogens with one attached hydrogen (secondary N) is 1. The van der Waals surface area contributed by atoms with E-state index in [1.807, 2.05) is 23.1 Å². The average Bonchev–Trinajstić information content (AvgIpc) is 2.77. The smallest absolute Gasteiger partial charge is 0.407 e. The van der Waals surface area contributed by atoms with Crippen LogP contribution in [0, 0.1) is 17.9 Å². The van der Waals surface area contributed by atoms with E-state index < -0.39 is 17.7 Å². The minimum Gasteiger partial charge on any atom is -0.465 e. The highest BCUT2D eigenvalue weighted by Gasteiger charge is 2.30. The number of likely N-dealkylation sites (tertiary alicyclic amines) is 1. The summed E-state index contributed by atoms with van der Waals surface area (Å²) in [6.45, 7) is 15.8. The number of nitriles is 1. The third kappa shape index (κ3) is 8.70. The molecule has 0 spiro atoms. The fraction of sp³-hybridized carbons (Fsp3) is 0.520. The fourth-order valence-corrected chi connectivity index (χ4v) is 3.98. The van der Waals surface area contributed by atoms with Crippen LogP contribution in [0.25, 0.3) is 4.85 Å². The predicted octanol–water partition coefficient (Wildman–Crippen LogP) is 4.31. The molecular weight excluding hydrogens is 470 g/mol. The van der Waals surface area contributed by atoms with Crippen LogP contribution in [0.1, 0.15) is 46.1 Å². The Morgan fingerprint density at radius 2 is 2.09 bits per heavy atom. The van der Waals surface area contributed by atoms with E-state index in [4.69, 9.17) is 27.6 Å². The van der Waals surface area contributed by atoms with Gasteiger partial charge in [-0.05, 0) is 52.2 Å². The summed E-state index contributed by atoms with van der Waals surface area (Å²) in [6, 6.07) is 8.90. The van der Waals surface area contributed by atoms with Gasteiger partial charge < -0.3 is 24.6 Å². The molecule has 0 aromatic heterocycles. The molecule has 0 radical (unpaired) electrons. The Balaban J connectivity index is 2.39. The fourth-order valence-electron chi connectivity index (χ4n) is 3.79. The number of hydrogen-bond donors (Lipinski definition) is 1. The molecule has 35 heavy (non-hydrogen) atoms. The van der Waals surface area contributed by atoms with E-state index in [-0.39, 0.29) is 31.4 Å². The zero-order chi connectivity index (χ0) is 26.0. The highest BCUT2D eigenvalue weighted by Crippen LogP contribution is 2.26. The van der Waals surface area contributed by atoms with Gasteiger partial charge in [-0.25, -0.2) is 14.9 Å². The number of carbonyl (C=O) groups is 2. The molecule has 0 unspecified atom stereocenters. The van der Waals surface area contributed by atoms with Crippen LogP contribution in [0.5, 0.6) is 0 Å². The van der Waals surface area contributed by atoms with Gasteiger partial charge in [0.15, 0.2) is 0 Å². The van der Waals surface area contributed by atoms with Gasteiger partial charge in [0.2, 0.25) is 0 Å². The maximum Gasteiger partial charge on any atom is 0.407 e. The van der Waals surface area contributed by atoms with E-state index in [9.17, 15) is 14.9 Å². The van der Waals surface area contributed by atoms with Gasteiger partial charge in [0.05, 0.1) is 19.2 Å². The first kappa shape index (κ1) is 27.8. The first-order valence-corrected chi connectivity index (χ1v) is 11.9. The molecule has 188 valence electrons. The van der Waals surface area contributed by atoms with Gasteiger partial charge >= 0.3 is 17.8 Å². The molecule has 1 amide bonds. The molecule has 9 nitrogen and oxygen atoms in total. The number of carbonyl (C=O) groups excluding carboxylic acids is 2. The van der Waals surface area contributed by atoms with Crippen molar-refractivity contribution in [2.45, 2.75) is 58.7 Å². The molecule has 1 heterocycles. The van der Waals surface area contributed by atoms with E-state index in [1.165, 1.54) is 0 Å². The van der Waals surface area contributed by atoms with Gasteiger partial charge in [-0.2, -0.15) is 0 Å². The number of ether oxygens (including phenoxy) is 2. The molecule has 1 aromatic rings. The second kappa shape index (κ2) is 12.9. The highest BCUT2D eigenvalue weighted by atomic mass is 35.5. The minimum absolute atomic E-state index is 0.153. The molecular formula is C25H32ClN5O4. The lowest BCUT2D eigenvalue weighted by atomic mass is 10.1. The number of rotatable bonds is 8. The summed E-state index contributed by atoms with van der Waals surface area (Å²) < 4.78 is 10.5. The van der Waals surface area contributed by atoms with Gasteiger partial charge in [-0.15, -0.1) is 0 Å². The zero-order valence-electron chi connectivity index (χ0n) is 20.6. The van der Waals surface area contributed by atoms with Gasteiger partial charge in [-0.3, -0.25) is 4.79 Å². The first-order valence-electron chi connectivity index (χ1n) is 11.5. The summed E-state index contributed by atoms with van der Waals surface area (Å²) in [5.74, 6) is -0.175. The molecule has 1 aliphatic heterocycles. The maximum absolute atomic E-state index is 12.5. The molecule has 10 heteroatoms. The summed E-state index contributed by atoms with van der Waals surface area (Å²) in [5, 5.41) is 13.1. The maximum atomic E-state index is 12.5. The third-order valence-electron chi connectivity index (χ3n) is 5.12. The number of hydrogen-bond acceptors (Lipinski definition) is 7. The number of esters is 1. The topological polar surface area (TPSA) is 99.3 Å². The number of alkyl carbamates (subject to hydrolysis) is 1. The first-order chi connectivity index (χ1) is 16.6. The van der Waals surface area contributed by atoms with Gasteiger partial charge in [-0.1, -0.05) is 29.8 Å². The number of nitrogens with zero attached hydrogens (tertiary/aromatic N) is 4. The number of amides is 1. The minimum atomic E-state index is -0.632. The SMILES string of the molecule is [C-]#[N+]C(C#N)=C(N(CC(=O)OCC)Cc1ccccc1Cl)N1CCC[C@@H](NC(=O)OC(C)(C)C)C1. The summed E-state index contributed by atoms with van der Waals surface area (Å²) in [7, 11) is 0. The van der Waals surface area contributed by atoms with Crippen LogP contribution in [-0.4, -0.2) is 59.7 Å². The normalized spacial score (nSPS) is 16.3. The standard InChI is InChI=1S/C25H32ClN5O4/c1-6-34-22(32)17-31(15-18-10-7-8-12-20(18)26)23(21(14-27)28-5)30-13-9-11-19(16-30)29-24(33)35-25(2,3)4/h7-8,10,12,19H,6,9,11,13,15-17H2,1-4H3,(H,29,33)/t19-/m1/s1. The number of allylic oxidation sites excluding steroid dienone is 1. The van der Waals surface area contributed by atoms with Crippen molar-refractivity contribution >= 4 is 23.7 Å². The molecule has 0 saturated carbocycles. The lowest BCUT2D eigenvalue weighted by Crippen LogP contribution is -2.51. The summed E-state index contributed by atoms with van der Waals surface area (Å²) in [6.07, 6.45) is 0.894. The largest absolute Gasteiger partial charge is 0.465 e. The van der Waals surface area contributed by atoms with E-state index >= 15 is 0 Å². The van der Waals surface area contributed by atoms with Gasteiger partial charge in [0, 0.05) is 30.7 Å². The molecule has 1 aromatic carbocycles. The Hall–Kier alpha value is -3.43. The monoisotopic (exact) mass is 501 g/mol. The van der Waals surface area contributed by atoms with Crippen LogP contribution in [0.2, 0.25) is 5.02 Å². The van der Waals surface area contributed by atoms with Crippen molar-refractivity contribution < 1.29 is 19.1 Å². The molecule has 0 bridgehead atoms. The Bertz CT molecular complexity index is 1010. The highest BCUT2D eigenvalue weighted by molar-refractivity contribution is 6.31. The van der Waals surface area contributed by atoms with Crippen LogP contribution in [0.3, 0.4) is 0 Å². The van der Waals surface area contributed by atoms with Crippen molar-refractivity contribution in [3.05, 3.63) is 57.8 Å². The summed E-state index contributed by atoms with van der Waals surface area (Å²) in [5.41, 5.74) is -0.0505. The average molecular weight is 502 g/mol. The van der Waals surface area contributed by atoms with Gasteiger partial charge in [0.1, 0.15) is 18.0 Å². The molecule has 1 N–H and O–H groups in total. The van der Waals surface area contributed by atoms with Crippen LogP contribution >= 0.6 is 11.6 Å². The second-order valence-corrected chi connectivity index (χ2v) is 9.49. The molecule has 1 saturated heterocycles. The Kier molecular flexibility index (Phi) is 10.2. The van der Waals surface area contributed by atoms with Crippen molar-refractivity contribution in [3.63, 3.8) is 0 Å². The Morgan fingerprint density at radius 3 is 2.69 bits per heavy atom. The second-order valence-electron chi connectivity index (χ2n) is 9.08. The number of benzene rings is 1. The lowest BCUT2D eigenvalue weighted by Gasteiger charge is -2.41. The molecule has 1 atom stereocenters. The van der Waals surface area contributed by atoms with Crippen molar-refractivity contribution in [3.8, 4) is 6.07 Å². The van der Waals surface area contributed by atoms with Crippen molar-refractivity contribution in [1.29, 1.82) is 5.26 Å². The van der Waals surface area contributed by atoms with E-state index in [0.717, 1.165) is 5.56 Å². The molecule has 0 aliphatic carbocycles. The Labute approximate surface area is 212 Å². The van der Waals surface area contributed by atoms with Crippen LogP contribution in [-0.2, 0) is 20.8 Å². The van der Waals surface area contributed by atoms with E-state index in [2.05, 4.69) is 10.2 Å². The molecule has 1 fully saturated rings. The van der Waals surface area contributed by atoms with Gasteiger partial charge in [0.25, 0.3) is 0 Å². The van der Waals surface area contributed by atoms with Crippen LogP contribution < -0.4 is 5.32 Å². The summed E-state index contributed by atoms with van der Waals surface area (Å²) in [4.78, 5) is 31.8. The quantitative estimate of drug-likeness (QED) is 0.322. The predicted molar refractivity (Wildman–Crippen MR) is 132 cm³/mol. The van der Waals surface area contributed by atoms with Crippen LogP contribution in [0.4, 0.5) is 4.79 Å². The third-order valence-corrected chi connectivity index (χ3v) is 5.48. The van der Waals surface area contributed by atoms with E-state index in [0.29, 0.717) is 36.8 Å². The lowest BCUT2D eigenvalue weighted by molar-refractivity contribution is -0.144. The summed E-state index contributed by atoms with van der Waals surface area (Å²) >= 11 is 6.38. The Morgan fingerprint density at radius 1 is 1.37 bits per heavy atom. The van der Waals surface area contributed by atoms with Crippen LogP contribution in [0.15, 0.2) is 35.8 Å². The van der Waals surface area contributed by atoms with Crippen molar-refractivity contribution in [2.24, 2.45) is 0 Å². The van der Waals surface area contributed by atoms with Crippen molar-refractivity contribution in [2.75, 3.05) is 26.2 Å². The molecule has 2 rings (SSSR count). The van der Waals surface area contributed by atoms with E-state index in [1.54, 1.807) is 44.7 Å². The number of piperidine rings is 1. The molecule has 1 aliphatic rings.